The molecule has 0 bridgehead atoms. The predicted molar refractivity (Wildman–Crippen MR) is 64.6 cm³/mol. The summed E-state index contributed by atoms with van der Waals surface area (Å²) >= 11 is -0.607. The van der Waals surface area contributed by atoms with E-state index in [1.807, 2.05) is 24.3 Å². The summed E-state index contributed by atoms with van der Waals surface area (Å²) in [4.78, 5) is 11.4. The molecule has 0 fully saturated rings. The summed E-state index contributed by atoms with van der Waals surface area (Å²) < 4.78 is 8.68. The van der Waals surface area contributed by atoms with Crippen LogP contribution in [-0.4, -0.2) is 32.0 Å². The Morgan fingerprint density at radius 2 is 2.12 bits per heavy atom. The molecular weight excluding hydrogens is 332 g/mol. The Morgan fingerprint density at radius 3 is 2.94 bits per heavy atom. The number of fused-ring (bicyclic) bond motifs is 2. The van der Waals surface area contributed by atoms with Gasteiger partial charge in [-0.1, -0.05) is 0 Å². The van der Waals surface area contributed by atoms with Crippen molar-refractivity contribution in [3.8, 4) is 5.75 Å². The third-order valence-corrected chi connectivity index (χ3v) is 5.22. The topological polar surface area (TPSA) is 46.5 Å². The van der Waals surface area contributed by atoms with Gasteiger partial charge in [0.2, 0.25) is 0 Å². The maximum atomic E-state index is 11.4. The van der Waals surface area contributed by atoms with Gasteiger partial charge >= 0.3 is 108 Å². The van der Waals surface area contributed by atoms with Crippen molar-refractivity contribution in [1.82, 2.24) is 0 Å². The molecule has 0 atom stereocenters. The van der Waals surface area contributed by atoms with Gasteiger partial charge in [0.15, 0.2) is 0 Å². The van der Waals surface area contributed by atoms with Crippen LogP contribution in [0, 0.1) is 0 Å². The first-order valence-corrected chi connectivity index (χ1v) is 7.57. The van der Waals surface area contributed by atoms with E-state index in [1.54, 1.807) is 12.1 Å². The van der Waals surface area contributed by atoms with Crippen molar-refractivity contribution in [3.63, 3.8) is 0 Å². The van der Waals surface area contributed by atoms with E-state index in [4.69, 9.17) is 4.74 Å². The number of hydrogen-bond acceptors (Lipinski definition) is 2. The van der Waals surface area contributed by atoms with E-state index >= 15 is 0 Å². The van der Waals surface area contributed by atoms with Crippen molar-refractivity contribution in [2.45, 2.75) is 0 Å². The van der Waals surface area contributed by atoms with Crippen LogP contribution < -0.4 is 4.74 Å². The maximum absolute atomic E-state index is 11.4. The van der Waals surface area contributed by atoms with Crippen molar-refractivity contribution in [2.24, 2.45) is 0 Å². The first-order valence-electron chi connectivity index (χ1n) is 5.06. The van der Waals surface area contributed by atoms with Crippen LogP contribution in [-0.2, 0) is 4.79 Å². The Balaban J connectivity index is 2.29. The number of allylic oxidation sites excluding steroid dienone is 3. The third-order valence-electron chi connectivity index (χ3n) is 2.55. The average molecular weight is 340 g/mol. The Morgan fingerprint density at radius 1 is 1.29 bits per heavy atom. The number of aliphatic carboxylic acids is 1. The van der Waals surface area contributed by atoms with Crippen LogP contribution >= 0.6 is 0 Å². The minimum atomic E-state index is -0.873. The molecule has 2 heterocycles. The van der Waals surface area contributed by atoms with E-state index in [0.29, 0.717) is 22.6 Å². The fourth-order valence-corrected chi connectivity index (χ4v) is 4.23. The van der Waals surface area contributed by atoms with Gasteiger partial charge in [0.25, 0.3) is 0 Å². The zero-order valence-electron chi connectivity index (χ0n) is 8.71. The van der Waals surface area contributed by atoms with Crippen molar-refractivity contribution in [2.75, 3.05) is 0 Å². The van der Waals surface area contributed by atoms with Crippen molar-refractivity contribution in [1.29, 1.82) is 0 Å². The quantitative estimate of drug-likeness (QED) is 0.796. The van der Waals surface area contributed by atoms with Crippen LogP contribution in [0.15, 0.2) is 49.9 Å². The summed E-state index contributed by atoms with van der Waals surface area (Å²) in [5, 5.41) is 9.38. The molecule has 1 N–H and O–H groups in total. The summed E-state index contributed by atoms with van der Waals surface area (Å²) in [6.45, 7) is 0. The van der Waals surface area contributed by atoms with E-state index in [1.165, 1.54) is 0 Å². The predicted octanol–water partition coefficient (Wildman–Crippen LogP) is 1.99. The molecule has 0 saturated heterocycles. The molecule has 17 heavy (non-hydrogen) atoms. The van der Waals surface area contributed by atoms with Crippen LogP contribution in [0.1, 0.15) is 5.56 Å². The van der Waals surface area contributed by atoms with Crippen LogP contribution in [0.5, 0.6) is 5.75 Å². The fraction of sp³-hybridized carbons (Fsp3) is 0. The molecule has 3 rings (SSSR count). The molecule has 2 aliphatic heterocycles. The molecule has 3 nitrogen and oxygen atoms in total. The number of ether oxygens (including phenoxy) is 1. The van der Waals surface area contributed by atoms with Crippen molar-refractivity contribution < 1.29 is 14.6 Å². The van der Waals surface area contributed by atoms with Gasteiger partial charge in [0.1, 0.15) is 0 Å². The first kappa shape index (κ1) is 10.6. The van der Waals surface area contributed by atoms with Gasteiger partial charge in [-0.25, -0.2) is 0 Å². The van der Waals surface area contributed by atoms with Crippen LogP contribution in [0.2, 0.25) is 0 Å². The van der Waals surface area contributed by atoms with Gasteiger partial charge < -0.3 is 0 Å². The average Bonchev–Trinajstić information content (AvgIpc) is 2.35. The number of benzene rings is 1. The molecule has 0 unspecified atom stereocenters. The molecule has 0 radical (unpaired) electrons. The van der Waals surface area contributed by atoms with Gasteiger partial charge in [-0.05, 0) is 0 Å². The molecule has 0 saturated carbocycles. The molecule has 0 amide bonds. The van der Waals surface area contributed by atoms with E-state index < -0.39 is 26.9 Å². The summed E-state index contributed by atoms with van der Waals surface area (Å²) in [6, 6.07) is 7.28. The standard InChI is InChI=1S/C13H8O3Te/c14-13(15)11-8-4-1-2-5-9(8)16-10-6-3-7-17-12(10)11/h1-7H,(H,14,15). The monoisotopic (exact) mass is 342 g/mol. The summed E-state index contributed by atoms with van der Waals surface area (Å²) in [5.41, 5.74) is 1.09. The molecule has 1 aromatic carbocycles. The van der Waals surface area contributed by atoms with Gasteiger partial charge in [0.05, 0.1) is 0 Å². The zero-order chi connectivity index (χ0) is 11.8. The molecule has 0 aromatic heterocycles. The molecule has 4 heteroatoms. The van der Waals surface area contributed by atoms with E-state index in [9.17, 15) is 9.90 Å². The SMILES string of the molecule is O=C(O)C1=C2[Te]C=CC=C2Oc2ccccc21. The summed E-state index contributed by atoms with van der Waals surface area (Å²) in [7, 11) is 0. The molecule has 84 valence electrons. The molecule has 1 aromatic rings. The number of carboxylic acid groups (broad SMARTS) is 1. The molecule has 0 spiro atoms. The number of hydrogen-bond donors (Lipinski definition) is 1. The Bertz CT molecular complexity index is 596. The second kappa shape index (κ2) is 4.06. The fourth-order valence-electron chi connectivity index (χ4n) is 1.85. The van der Waals surface area contributed by atoms with Crippen LogP contribution in [0.3, 0.4) is 0 Å². The zero-order valence-corrected chi connectivity index (χ0v) is 11.0. The summed E-state index contributed by atoms with van der Waals surface area (Å²) in [6.07, 6.45) is 3.77. The van der Waals surface area contributed by atoms with Gasteiger partial charge in [-0.15, -0.1) is 0 Å². The Labute approximate surface area is 108 Å². The van der Waals surface area contributed by atoms with E-state index in [2.05, 4.69) is 4.12 Å². The second-order valence-corrected chi connectivity index (χ2v) is 6.20. The van der Waals surface area contributed by atoms with Gasteiger partial charge in [-0.3, -0.25) is 0 Å². The Hall–Kier alpha value is -1.50. The number of carboxylic acids is 1. The Kier molecular flexibility index (Phi) is 2.54. The summed E-state index contributed by atoms with van der Waals surface area (Å²) in [5.74, 6) is 0.454. The van der Waals surface area contributed by atoms with E-state index in [0.717, 1.165) is 3.62 Å². The molecular formula is C13H8O3Te. The van der Waals surface area contributed by atoms with Gasteiger partial charge in [-0.2, -0.15) is 0 Å². The third kappa shape index (κ3) is 1.70. The normalized spacial score (nSPS) is 16.8. The van der Waals surface area contributed by atoms with Gasteiger partial charge in [0, 0.05) is 0 Å². The number of carbonyl (C=O) groups is 1. The minimum absolute atomic E-state index is 0.407. The van der Waals surface area contributed by atoms with Crippen molar-refractivity contribution >= 4 is 32.5 Å². The van der Waals surface area contributed by atoms with Crippen LogP contribution in [0.25, 0.3) is 5.57 Å². The van der Waals surface area contributed by atoms with Crippen LogP contribution in [0.4, 0.5) is 0 Å². The molecule has 0 aliphatic carbocycles. The number of para-hydroxylation sites is 1. The second-order valence-electron chi connectivity index (χ2n) is 3.58. The first-order chi connectivity index (χ1) is 8.27. The van der Waals surface area contributed by atoms with Crippen molar-refractivity contribution in [3.05, 3.63) is 55.5 Å². The molecule has 2 aliphatic rings. The number of rotatable bonds is 1. The van der Waals surface area contributed by atoms with E-state index in [-0.39, 0.29) is 0 Å².